The minimum Gasteiger partial charge on any atom is -0.325 e. The van der Waals surface area contributed by atoms with E-state index in [9.17, 15) is 22.0 Å². The molecule has 1 aliphatic heterocycles. The molecule has 0 bridgehead atoms. The van der Waals surface area contributed by atoms with E-state index in [-0.39, 0.29) is 28.2 Å². The summed E-state index contributed by atoms with van der Waals surface area (Å²) in [5.41, 5.74) is 0.720. The number of halogens is 5. The topological polar surface area (TPSA) is 59.7 Å². The second kappa shape index (κ2) is 8.18. The largest absolute Gasteiger partial charge is 0.416 e. The smallest absolute Gasteiger partial charge is 0.325 e. The predicted octanol–water partition coefficient (Wildman–Crippen LogP) is 7.27. The Morgan fingerprint density at radius 2 is 1.59 bits per heavy atom. The van der Waals surface area contributed by atoms with Gasteiger partial charge >= 0.3 is 6.18 Å². The van der Waals surface area contributed by atoms with Gasteiger partial charge in [0.1, 0.15) is 11.7 Å². The van der Waals surface area contributed by atoms with Crippen molar-refractivity contribution in [3.63, 3.8) is 0 Å². The Morgan fingerprint density at radius 3 is 2.21 bits per heavy atom. The molecular formula is C26H24F5N3. The van der Waals surface area contributed by atoms with Crippen LogP contribution in [-0.2, 0) is 18.0 Å². The van der Waals surface area contributed by atoms with Gasteiger partial charge in [-0.15, -0.1) is 0 Å². The molecule has 0 saturated heterocycles. The molecule has 178 valence electrons. The molecule has 1 aliphatic rings. The van der Waals surface area contributed by atoms with Crippen molar-refractivity contribution < 1.29 is 22.0 Å². The summed E-state index contributed by atoms with van der Waals surface area (Å²) in [4.78, 5) is 0. The van der Waals surface area contributed by atoms with E-state index >= 15 is 0 Å². The molecule has 0 aromatic heterocycles. The second-order valence-electron chi connectivity index (χ2n) is 9.23. The number of hydrogen-bond acceptors (Lipinski definition) is 2. The SMILES string of the molecule is CCC(C)(C)c1ccc2cc3c(c(-c4cc(CC(F)F)cc(C(F)(F)F)c4)c2c1)C(=N)NC3=N. The molecule has 34 heavy (non-hydrogen) atoms. The monoisotopic (exact) mass is 473 g/mol. The number of benzene rings is 3. The molecule has 0 radical (unpaired) electrons. The van der Waals surface area contributed by atoms with Crippen molar-refractivity contribution in [3.05, 3.63) is 70.3 Å². The Labute approximate surface area is 194 Å². The first kappa shape index (κ1) is 23.9. The Bertz CT molecular complexity index is 1320. The lowest BCUT2D eigenvalue weighted by molar-refractivity contribution is -0.137. The molecule has 4 rings (SSSR count). The fourth-order valence-electron chi connectivity index (χ4n) is 4.33. The molecule has 0 fully saturated rings. The molecule has 0 spiro atoms. The number of fused-ring (bicyclic) bond motifs is 2. The Kier molecular flexibility index (Phi) is 5.74. The van der Waals surface area contributed by atoms with Gasteiger partial charge in [0.15, 0.2) is 0 Å². The van der Waals surface area contributed by atoms with Crippen molar-refractivity contribution in [2.24, 2.45) is 0 Å². The average Bonchev–Trinajstić information content (AvgIpc) is 3.03. The van der Waals surface area contributed by atoms with Crippen molar-refractivity contribution >= 4 is 22.4 Å². The van der Waals surface area contributed by atoms with E-state index < -0.39 is 24.6 Å². The lowest BCUT2D eigenvalue weighted by Gasteiger charge is -2.25. The molecule has 3 aromatic carbocycles. The summed E-state index contributed by atoms with van der Waals surface area (Å²) in [6.45, 7) is 6.16. The molecule has 1 heterocycles. The molecule has 3 aromatic rings. The molecule has 0 atom stereocenters. The van der Waals surface area contributed by atoms with E-state index in [1.807, 2.05) is 25.1 Å². The number of hydrogen-bond donors (Lipinski definition) is 3. The maximum Gasteiger partial charge on any atom is 0.416 e. The third kappa shape index (κ3) is 4.17. The number of nitrogens with one attached hydrogen (secondary N) is 3. The van der Waals surface area contributed by atoms with E-state index in [4.69, 9.17) is 10.8 Å². The van der Waals surface area contributed by atoms with Crippen LogP contribution in [-0.4, -0.2) is 18.1 Å². The maximum atomic E-state index is 13.7. The van der Waals surface area contributed by atoms with E-state index in [2.05, 4.69) is 19.2 Å². The van der Waals surface area contributed by atoms with Crippen molar-refractivity contribution in [2.75, 3.05) is 0 Å². The van der Waals surface area contributed by atoms with Crippen LogP contribution in [0.5, 0.6) is 0 Å². The first-order chi connectivity index (χ1) is 15.8. The Balaban J connectivity index is 2.12. The number of amidine groups is 2. The minimum atomic E-state index is -4.73. The summed E-state index contributed by atoms with van der Waals surface area (Å²) < 4.78 is 67.4. The van der Waals surface area contributed by atoms with Crippen LogP contribution in [0.3, 0.4) is 0 Å². The summed E-state index contributed by atoms with van der Waals surface area (Å²) in [5, 5.41) is 20.5. The van der Waals surface area contributed by atoms with E-state index in [1.165, 1.54) is 6.07 Å². The summed E-state index contributed by atoms with van der Waals surface area (Å²) in [5.74, 6) is -0.134. The van der Waals surface area contributed by atoms with Crippen molar-refractivity contribution in [3.8, 4) is 11.1 Å². The van der Waals surface area contributed by atoms with Crippen LogP contribution in [0.4, 0.5) is 22.0 Å². The number of rotatable bonds is 5. The Morgan fingerprint density at radius 1 is 0.882 bits per heavy atom. The Hall–Kier alpha value is -3.29. The van der Waals surface area contributed by atoms with E-state index in [1.54, 1.807) is 6.07 Å². The van der Waals surface area contributed by atoms with Crippen molar-refractivity contribution in [2.45, 2.75) is 51.6 Å². The first-order valence-electron chi connectivity index (χ1n) is 10.9. The maximum absolute atomic E-state index is 13.7. The lowest BCUT2D eigenvalue weighted by Crippen LogP contribution is -2.20. The molecule has 0 aliphatic carbocycles. The van der Waals surface area contributed by atoms with Gasteiger partial charge in [0.05, 0.1) is 5.56 Å². The van der Waals surface area contributed by atoms with E-state index in [0.29, 0.717) is 27.5 Å². The summed E-state index contributed by atoms with van der Waals surface area (Å²) >= 11 is 0. The fraction of sp³-hybridized carbons (Fsp3) is 0.308. The zero-order valence-electron chi connectivity index (χ0n) is 18.9. The highest BCUT2D eigenvalue weighted by Gasteiger charge is 2.33. The van der Waals surface area contributed by atoms with Crippen LogP contribution in [0.15, 0.2) is 42.5 Å². The van der Waals surface area contributed by atoms with Crippen LogP contribution in [0.1, 0.15) is 55.0 Å². The van der Waals surface area contributed by atoms with Gasteiger partial charge in [0.25, 0.3) is 0 Å². The fourth-order valence-corrected chi connectivity index (χ4v) is 4.33. The van der Waals surface area contributed by atoms with Crippen molar-refractivity contribution in [1.29, 1.82) is 10.8 Å². The van der Waals surface area contributed by atoms with Gasteiger partial charge in [-0.2, -0.15) is 13.2 Å². The normalized spacial score (nSPS) is 14.1. The third-order valence-electron chi connectivity index (χ3n) is 6.58. The second-order valence-corrected chi connectivity index (χ2v) is 9.23. The van der Waals surface area contributed by atoms with Gasteiger partial charge in [-0.1, -0.05) is 39.0 Å². The molecule has 0 amide bonds. The van der Waals surface area contributed by atoms with Crippen LogP contribution in [0.2, 0.25) is 0 Å². The molecular weight excluding hydrogens is 449 g/mol. The highest BCUT2D eigenvalue weighted by Crippen LogP contribution is 2.41. The summed E-state index contributed by atoms with van der Waals surface area (Å²) in [7, 11) is 0. The highest BCUT2D eigenvalue weighted by molar-refractivity contribution is 6.28. The minimum absolute atomic E-state index is 0.0269. The van der Waals surface area contributed by atoms with Crippen LogP contribution >= 0.6 is 0 Å². The molecule has 3 N–H and O–H groups in total. The van der Waals surface area contributed by atoms with Gasteiger partial charge < -0.3 is 5.32 Å². The predicted molar refractivity (Wildman–Crippen MR) is 124 cm³/mol. The van der Waals surface area contributed by atoms with Crippen LogP contribution < -0.4 is 5.32 Å². The quantitative estimate of drug-likeness (QED) is 0.335. The highest BCUT2D eigenvalue weighted by atomic mass is 19.4. The summed E-state index contributed by atoms with van der Waals surface area (Å²) in [6.07, 6.45) is -7.53. The van der Waals surface area contributed by atoms with Crippen LogP contribution in [0, 0.1) is 10.8 Å². The lowest BCUT2D eigenvalue weighted by atomic mass is 9.80. The third-order valence-corrected chi connectivity index (χ3v) is 6.58. The average molecular weight is 473 g/mol. The first-order valence-corrected chi connectivity index (χ1v) is 10.9. The van der Waals surface area contributed by atoms with E-state index in [0.717, 1.165) is 24.1 Å². The zero-order chi connectivity index (χ0) is 25.0. The van der Waals surface area contributed by atoms with Gasteiger partial charge in [0.2, 0.25) is 6.43 Å². The van der Waals surface area contributed by atoms with Crippen molar-refractivity contribution in [1.82, 2.24) is 5.32 Å². The van der Waals surface area contributed by atoms with Gasteiger partial charge in [-0.3, -0.25) is 10.8 Å². The molecule has 8 heteroatoms. The molecule has 0 saturated carbocycles. The number of alkyl halides is 5. The molecule has 3 nitrogen and oxygen atoms in total. The van der Waals surface area contributed by atoms with Gasteiger partial charge in [-0.25, -0.2) is 8.78 Å². The standard InChI is InChI=1S/C26H24F5N3/c1-4-25(2,3)16-6-5-14-11-19-22(24(33)34-23(19)32)21(18(14)12-16)15-7-13(9-20(27)28)8-17(10-15)26(29,30)31/h5-8,10-12,20H,4,9H2,1-3H3,(H3,32,33,34). The summed E-state index contributed by atoms with van der Waals surface area (Å²) in [6, 6.07) is 10.5. The zero-order valence-corrected chi connectivity index (χ0v) is 18.9. The van der Waals surface area contributed by atoms with Crippen LogP contribution in [0.25, 0.3) is 21.9 Å². The van der Waals surface area contributed by atoms with Gasteiger partial charge in [-0.05, 0) is 63.6 Å². The van der Waals surface area contributed by atoms with Gasteiger partial charge in [0, 0.05) is 23.1 Å². The molecule has 0 unspecified atom stereocenters.